The van der Waals surface area contributed by atoms with Crippen LogP contribution in [0.25, 0.3) is 0 Å². The molecule has 15 heavy (non-hydrogen) atoms. The van der Waals surface area contributed by atoms with Crippen molar-refractivity contribution in [3.05, 3.63) is 35.9 Å². The van der Waals surface area contributed by atoms with Crippen LogP contribution in [0.3, 0.4) is 0 Å². The first-order chi connectivity index (χ1) is 7.55. The van der Waals surface area contributed by atoms with E-state index in [4.69, 9.17) is 10.8 Å². The fraction of sp³-hybridized carbons (Fsp3) is 0.455. The number of methoxy groups -OCH3 is 2. The Morgan fingerprint density at radius 3 is 2.13 bits per heavy atom. The molecule has 0 bridgehead atoms. The topological polar surface area (TPSA) is 58.9 Å². The van der Waals surface area contributed by atoms with E-state index in [-0.39, 0.29) is 0 Å². The molecule has 0 aromatic heterocycles. The molecule has 84 valence electrons. The van der Waals surface area contributed by atoms with Gasteiger partial charge < -0.3 is 19.7 Å². The van der Waals surface area contributed by atoms with Gasteiger partial charge in [-0.2, -0.15) is 0 Å². The monoisotopic (exact) mass is 213 g/mol. The number of aliphatic hydroxyl groups excluding tert-OH is 2. The van der Waals surface area contributed by atoms with E-state index in [2.05, 4.69) is 0 Å². The van der Waals surface area contributed by atoms with E-state index in [1.54, 1.807) is 30.3 Å². The average molecular weight is 213 g/mol. The van der Waals surface area contributed by atoms with Gasteiger partial charge in [0.2, 0.25) is 0 Å². The minimum atomic E-state index is -1.98. The quantitative estimate of drug-likeness (QED) is 0.707. The molecule has 0 amide bonds. The highest BCUT2D eigenvalue weighted by Gasteiger charge is 2.27. The van der Waals surface area contributed by atoms with Crippen LogP contribution < -0.4 is 0 Å². The predicted octanol–water partition coefficient (Wildman–Crippen LogP) is 0.700. The van der Waals surface area contributed by atoms with Crippen molar-refractivity contribution in [2.75, 3.05) is 14.2 Å². The molecule has 0 saturated carbocycles. The fourth-order valence-corrected chi connectivity index (χ4v) is 1.29. The van der Waals surface area contributed by atoms with Crippen molar-refractivity contribution >= 4 is 0 Å². The molecule has 2 N–H and O–H groups in total. The van der Waals surface area contributed by atoms with Gasteiger partial charge in [-0.1, -0.05) is 30.3 Å². The summed E-state index contributed by atoms with van der Waals surface area (Å²) in [6.07, 6.45) is -4.71. The minimum absolute atomic E-state index is 0.501. The second-order valence-electron chi connectivity index (χ2n) is 3.03. The maximum atomic E-state index is 9.86. The van der Waals surface area contributed by atoms with E-state index in [0.717, 1.165) is 0 Å². The van der Waals surface area contributed by atoms with Gasteiger partial charge in [-0.3, -0.25) is 0 Å². The zero-order valence-corrected chi connectivity index (χ0v) is 8.75. The van der Waals surface area contributed by atoms with E-state index in [0.29, 0.717) is 5.56 Å². The van der Waals surface area contributed by atoms with E-state index in [9.17, 15) is 10.2 Å². The van der Waals surface area contributed by atoms with Gasteiger partial charge in [-0.05, 0) is 5.56 Å². The molecule has 0 aliphatic heterocycles. The molecule has 0 fully saturated rings. The molecule has 0 aliphatic rings. The summed E-state index contributed by atoms with van der Waals surface area (Å²) in [7, 11) is 2.47. The molecule has 0 radical (unpaired) electrons. The summed E-state index contributed by atoms with van der Waals surface area (Å²) in [5, 5.41) is 19.7. The second kappa shape index (κ2) is 5.82. The van der Waals surface area contributed by atoms with Gasteiger partial charge in [-0.15, -0.1) is 0 Å². The SMILES string of the molecule is [2H]C(OC)(OC)[C@@H](O)[C@H](O)c1ccccc1. The molecule has 4 nitrogen and oxygen atoms in total. The Hall–Kier alpha value is -0.940. The maximum Gasteiger partial charge on any atom is 0.185 e. The number of aliphatic hydroxyl groups is 2. The summed E-state index contributed by atoms with van der Waals surface area (Å²) >= 11 is 0. The minimum Gasteiger partial charge on any atom is -0.385 e. The van der Waals surface area contributed by atoms with Crippen molar-refractivity contribution in [1.29, 1.82) is 0 Å². The number of hydrogen-bond donors (Lipinski definition) is 2. The lowest BCUT2D eigenvalue weighted by molar-refractivity contribution is -0.191. The highest BCUT2D eigenvalue weighted by atomic mass is 16.7. The third-order valence-corrected chi connectivity index (χ3v) is 2.08. The Balaban J connectivity index is 2.85. The number of benzene rings is 1. The standard InChI is InChI=1S/C11H16O4/c1-14-11(15-2)10(13)9(12)8-6-4-3-5-7-8/h3-7,9-13H,1-2H3/t9-,10+/m1/s1/i11D. The average Bonchev–Trinajstić information content (AvgIpc) is 2.37. The van der Waals surface area contributed by atoms with Crippen molar-refractivity contribution < 1.29 is 21.1 Å². The van der Waals surface area contributed by atoms with Gasteiger partial charge in [0.1, 0.15) is 12.2 Å². The molecule has 4 heteroatoms. The summed E-state index contributed by atoms with van der Waals surface area (Å²) in [5.74, 6) is 0. The fourth-order valence-electron chi connectivity index (χ4n) is 1.29. The molecule has 0 spiro atoms. The predicted molar refractivity (Wildman–Crippen MR) is 55.2 cm³/mol. The molecule has 2 atom stereocenters. The van der Waals surface area contributed by atoms with Crippen LogP contribution in [0, 0.1) is 0 Å². The molecule has 1 rings (SSSR count). The summed E-state index contributed by atoms with van der Waals surface area (Å²) in [6, 6.07) is 8.56. The second-order valence-corrected chi connectivity index (χ2v) is 3.03. The Bertz CT molecular complexity index is 313. The van der Waals surface area contributed by atoms with Crippen LogP contribution in [0.5, 0.6) is 0 Å². The van der Waals surface area contributed by atoms with E-state index in [1.165, 1.54) is 14.2 Å². The lowest BCUT2D eigenvalue weighted by atomic mass is 10.0. The Labute approximate surface area is 90.5 Å². The first-order valence-electron chi connectivity index (χ1n) is 5.06. The van der Waals surface area contributed by atoms with E-state index in [1.807, 2.05) is 0 Å². The summed E-state index contributed by atoms with van der Waals surface area (Å²) in [6.45, 7) is 0. The van der Waals surface area contributed by atoms with Crippen molar-refractivity contribution in [3.8, 4) is 0 Å². The van der Waals surface area contributed by atoms with E-state index < -0.39 is 18.5 Å². The van der Waals surface area contributed by atoms with Gasteiger partial charge in [0, 0.05) is 14.2 Å². The number of ether oxygens (including phenoxy) is 2. The Kier molecular flexibility index (Phi) is 4.11. The van der Waals surface area contributed by atoms with Crippen LogP contribution in [-0.4, -0.2) is 36.8 Å². The summed E-state index contributed by atoms with van der Waals surface area (Å²) < 4.78 is 17.1. The van der Waals surface area contributed by atoms with Gasteiger partial charge >= 0.3 is 0 Å². The zero-order chi connectivity index (χ0) is 12.2. The molecule has 0 saturated heterocycles. The van der Waals surface area contributed by atoms with Crippen molar-refractivity contribution in [3.63, 3.8) is 0 Å². The molecular weight excluding hydrogens is 196 g/mol. The molecule has 0 aliphatic carbocycles. The highest BCUT2D eigenvalue weighted by Crippen LogP contribution is 2.19. The van der Waals surface area contributed by atoms with Crippen molar-refractivity contribution in [2.45, 2.75) is 18.5 Å². The smallest absolute Gasteiger partial charge is 0.185 e. The number of hydrogen-bond acceptors (Lipinski definition) is 4. The molecule has 1 aromatic carbocycles. The van der Waals surface area contributed by atoms with Gasteiger partial charge in [0.05, 0.1) is 1.37 Å². The lowest BCUT2D eigenvalue weighted by Gasteiger charge is -2.24. The van der Waals surface area contributed by atoms with Crippen molar-refractivity contribution in [2.24, 2.45) is 0 Å². The van der Waals surface area contributed by atoms with Crippen molar-refractivity contribution in [1.82, 2.24) is 0 Å². The van der Waals surface area contributed by atoms with Gasteiger partial charge in [0.25, 0.3) is 0 Å². The first-order valence-corrected chi connectivity index (χ1v) is 4.56. The molecule has 0 heterocycles. The van der Waals surface area contributed by atoms with Crippen LogP contribution >= 0.6 is 0 Å². The Morgan fingerprint density at radius 1 is 1.13 bits per heavy atom. The summed E-state index contributed by atoms with van der Waals surface area (Å²) in [5.41, 5.74) is 0.501. The number of rotatable bonds is 5. The first kappa shape index (κ1) is 10.6. The van der Waals surface area contributed by atoms with Crippen LogP contribution in [0.2, 0.25) is 0 Å². The zero-order valence-electron chi connectivity index (χ0n) is 9.75. The molecular formula is C11H16O4. The van der Waals surface area contributed by atoms with Crippen LogP contribution in [0.15, 0.2) is 30.3 Å². The van der Waals surface area contributed by atoms with Crippen LogP contribution in [0.4, 0.5) is 0 Å². The van der Waals surface area contributed by atoms with Crippen LogP contribution in [-0.2, 0) is 9.47 Å². The largest absolute Gasteiger partial charge is 0.385 e. The van der Waals surface area contributed by atoms with E-state index >= 15 is 0 Å². The molecule has 0 unspecified atom stereocenters. The van der Waals surface area contributed by atoms with Gasteiger partial charge in [0.15, 0.2) is 6.27 Å². The maximum absolute atomic E-state index is 9.86. The highest BCUT2D eigenvalue weighted by molar-refractivity contribution is 5.18. The Morgan fingerprint density at radius 2 is 1.67 bits per heavy atom. The van der Waals surface area contributed by atoms with Gasteiger partial charge in [-0.25, -0.2) is 0 Å². The van der Waals surface area contributed by atoms with Crippen LogP contribution in [0.1, 0.15) is 13.0 Å². The lowest BCUT2D eigenvalue weighted by Crippen LogP contribution is -2.35. The summed E-state index contributed by atoms with van der Waals surface area (Å²) in [4.78, 5) is 0. The third-order valence-electron chi connectivity index (χ3n) is 2.08. The third kappa shape index (κ3) is 3.00. The normalized spacial score (nSPS) is 16.9. The molecule has 1 aromatic rings.